The zero-order valence-corrected chi connectivity index (χ0v) is 20.8. The lowest BCUT2D eigenvalue weighted by Gasteiger charge is -2.52. The van der Waals surface area contributed by atoms with E-state index in [0.717, 1.165) is 60.9 Å². The number of aliphatic hydroxyl groups is 2. The summed E-state index contributed by atoms with van der Waals surface area (Å²) in [5.41, 5.74) is 5.70. The molecule has 2 N–H and O–H groups in total. The summed E-state index contributed by atoms with van der Waals surface area (Å²) >= 11 is 0. The van der Waals surface area contributed by atoms with Gasteiger partial charge in [-0.05, 0) is 122 Å². The molecule has 0 atom stereocenters. The molecule has 4 fully saturated rings. The van der Waals surface area contributed by atoms with E-state index in [4.69, 9.17) is 19.7 Å². The van der Waals surface area contributed by atoms with Gasteiger partial charge in [0.25, 0.3) is 0 Å². The lowest BCUT2D eigenvalue weighted by molar-refractivity contribution is 0.0705. The van der Waals surface area contributed by atoms with E-state index in [2.05, 4.69) is 48.5 Å². The monoisotopic (exact) mass is 476 g/mol. The van der Waals surface area contributed by atoms with Gasteiger partial charge in [0.15, 0.2) is 0 Å². The average Bonchev–Trinajstić information content (AvgIpc) is 2.87. The van der Waals surface area contributed by atoms with E-state index in [1.807, 2.05) is 0 Å². The van der Waals surface area contributed by atoms with E-state index in [1.54, 1.807) is 5.57 Å². The Bertz CT molecular complexity index is 889. The van der Waals surface area contributed by atoms with Gasteiger partial charge in [-0.3, -0.25) is 0 Å². The largest absolute Gasteiger partial charge is 0.494 e. The van der Waals surface area contributed by atoms with E-state index in [-0.39, 0.29) is 13.2 Å². The Hall–Kier alpha value is -2.30. The summed E-state index contributed by atoms with van der Waals surface area (Å²) in [6.45, 7) is 1.71. The predicted octanol–water partition coefficient (Wildman–Crippen LogP) is 6.25. The second-order valence-corrected chi connectivity index (χ2v) is 10.7. The molecule has 4 aliphatic rings. The van der Waals surface area contributed by atoms with Gasteiger partial charge in [-0.15, -0.1) is 0 Å². The molecule has 0 spiro atoms. The van der Waals surface area contributed by atoms with Crippen LogP contribution in [0, 0.1) is 23.7 Å². The topological polar surface area (TPSA) is 58.9 Å². The molecule has 4 bridgehead atoms. The van der Waals surface area contributed by atoms with Crippen LogP contribution >= 0.6 is 0 Å². The average molecular weight is 477 g/mol. The Morgan fingerprint density at radius 2 is 1.03 bits per heavy atom. The smallest absolute Gasteiger partial charge is 0.119 e. The van der Waals surface area contributed by atoms with Crippen molar-refractivity contribution < 1.29 is 19.7 Å². The lowest BCUT2D eigenvalue weighted by Crippen LogP contribution is -2.40. The number of rotatable bonds is 12. The van der Waals surface area contributed by atoms with Gasteiger partial charge in [-0.2, -0.15) is 0 Å². The number of allylic oxidation sites excluding steroid dienone is 1. The lowest BCUT2D eigenvalue weighted by atomic mass is 9.53. The third-order valence-electron chi connectivity index (χ3n) is 8.23. The Labute approximate surface area is 210 Å². The zero-order valence-electron chi connectivity index (χ0n) is 20.8. The highest BCUT2D eigenvalue weighted by Crippen LogP contribution is 2.58. The van der Waals surface area contributed by atoms with Crippen molar-refractivity contribution >= 4 is 5.57 Å². The Morgan fingerprint density at radius 1 is 0.600 bits per heavy atom. The first kappa shape index (κ1) is 24.4. The van der Waals surface area contributed by atoms with Crippen LogP contribution in [0.5, 0.6) is 11.5 Å². The Morgan fingerprint density at radius 3 is 1.43 bits per heavy atom. The van der Waals surface area contributed by atoms with Gasteiger partial charge in [0.05, 0.1) is 13.2 Å². The highest BCUT2D eigenvalue weighted by Gasteiger charge is 2.46. The number of hydrogen-bond acceptors (Lipinski definition) is 4. The van der Waals surface area contributed by atoms with Gasteiger partial charge in [-0.1, -0.05) is 29.8 Å². The molecule has 35 heavy (non-hydrogen) atoms. The Kier molecular flexibility index (Phi) is 8.10. The van der Waals surface area contributed by atoms with Crippen molar-refractivity contribution in [2.45, 2.75) is 57.8 Å². The highest BCUT2D eigenvalue weighted by atomic mass is 16.5. The van der Waals surface area contributed by atoms with E-state index in [9.17, 15) is 0 Å². The van der Waals surface area contributed by atoms with Crippen LogP contribution in [0.4, 0.5) is 0 Å². The minimum Gasteiger partial charge on any atom is -0.494 e. The molecule has 6 rings (SSSR count). The number of hydrogen-bond donors (Lipinski definition) is 2. The minimum absolute atomic E-state index is 0.218. The second kappa shape index (κ2) is 11.6. The molecule has 4 aliphatic carbocycles. The van der Waals surface area contributed by atoms with Crippen LogP contribution < -0.4 is 9.47 Å². The molecule has 0 amide bonds. The van der Waals surface area contributed by atoms with Crippen LogP contribution in [0.1, 0.15) is 68.9 Å². The number of ether oxygens (including phenoxy) is 2. The molecule has 4 nitrogen and oxygen atoms in total. The molecule has 0 heterocycles. The molecule has 2 aromatic rings. The molecule has 4 heteroatoms. The first-order chi connectivity index (χ1) is 17.2. The summed E-state index contributed by atoms with van der Waals surface area (Å²) < 4.78 is 11.8. The normalized spacial score (nSPS) is 24.6. The molecule has 2 aromatic carbocycles. The van der Waals surface area contributed by atoms with Crippen LogP contribution in [-0.4, -0.2) is 36.6 Å². The molecule has 0 saturated heterocycles. The maximum atomic E-state index is 8.98. The van der Waals surface area contributed by atoms with Crippen molar-refractivity contribution in [3.63, 3.8) is 0 Å². The minimum atomic E-state index is 0.218. The maximum Gasteiger partial charge on any atom is 0.119 e. The summed E-state index contributed by atoms with van der Waals surface area (Å²) in [6, 6.07) is 17.3. The van der Waals surface area contributed by atoms with Gasteiger partial charge >= 0.3 is 0 Å². The molecule has 0 aromatic heterocycles. The molecular weight excluding hydrogens is 436 g/mol. The fourth-order valence-electron chi connectivity index (χ4n) is 6.84. The van der Waals surface area contributed by atoms with Crippen LogP contribution in [-0.2, 0) is 0 Å². The first-order valence-electron chi connectivity index (χ1n) is 13.7. The molecule has 0 radical (unpaired) electrons. The van der Waals surface area contributed by atoms with Gasteiger partial charge in [-0.25, -0.2) is 0 Å². The third-order valence-corrected chi connectivity index (χ3v) is 8.23. The van der Waals surface area contributed by atoms with Crippen LogP contribution in [0.3, 0.4) is 0 Å². The van der Waals surface area contributed by atoms with Crippen LogP contribution in [0.25, 0.3) is 5.57 Å². The molecule has 4 saturated carbocycles. The van der Waals surface area contributed by atoms with Crippen molar-refractivity contribution in [1.29, 1.82) is 0 Å². The summed E-state index contributed by atoms with van der Waals surface area (Å²) in [6.07, 6.45) is 10.2. The van der Waals surface area contributed by atoms with Crippen LogP contribution in [0.15, 0.2) is 54.1 Å². The predicted molar refractivity (Wildman–Crippen MR) is 140 cm³/mol. The van der Waals surface area contributed by atoms with Gasteiger partial charge in [0.1, 0.15) is 11.5 Å². The number of aliphatic hydroxyl groups excluding tert-OH is 2. The van der Waals surface area contributed by atoms with Crippen molar-refractivity contribution in [2.75, 3.05) is 26.4 Å². The maximum absolute atomic E-state index is 8.98. The van der Waals surface area contributed by atoms with Crippen molar-refractivity contribution in [2.24, 2.45) is 23.7 Å². The number of unbranched alkanes of at least 4 members (excludes halogenated alkanes) is 2. The molecule has 0 aliphatic heterocycles. The standard InChI is InChI=1S/C31H40O4/c32-13-1-3-15-34-28-9-5-24(6-10-28)30(25-7-11-29(12-8-25)35-16-4-2-14-33)31-26-18-22-17-23(20-26)21-27(31)19-22/h5-12,22-23,26-27,32-33H,1-4,13-21H2. The molecule has 0 unspecified atom stereocenters. The summed E-state index contributed by atoms with van der Waals surface area (Å²) in [4.78, 5) is 0. The quantitative estimate of drug-likeness (QED) is 0.356. The fraction of sp³-hybridized carbons (Fsp3) is 0.548. The van der Waals surface area contributed by atoms with E-state index >= 15 is 0 Å². The van der Waals surface area contributed by atoms with Crippen molar-refractivity contribution in [3.05, 3.63) is 65.2 Å². The number of benzene rings is 2. The van der Waals surface area contributed by atoms with E-state index in [1.165, 1.54) is 48.8 Å². The fourth-order valence-corrected chi connectivity index (χ4v) is 6.84. The Balaban J connectivity index is 1.41. The van der Waals surface area contributed by atoms with Crippen molar-refractivity contribution in [3.8, 4) is 11.5 Å². The van der Waals surface area contributed by atoms with Crippen LogP contribution in [0.2, 0.25) is 0 Å². The molecule has 188 valence electrons. The second-order valence-electron chi connectivity index (χ2n) is 10.7. The van der Waals surface area contributed by atoms with Gasteiger partial charge < -0.3 is 19.7 Å². The highest BCUT2D eigenvalue weighted by molar-refractivity contribution is 5.83. The van der Waals surface area contributed by atoms with E-state index < -0.39 is 0 Å². The molecular formula is C31H40O4. The van der Waals surface area contributed by atoms with Gasteiger partial charge in [0.2, 0.25) is 0 Å². The summed E-state index contributed by atoms with van der Waals surface area (Å²) in [5, 5.41) is 18.0. The first-order valence-corrected chi connectivity index (χ1v) is 13.7. The SMILES string of the molecule is OCCCCOc1ccc(C(=C2C3CC4CC(C3)CC2C4)c2ccc(OCCCCO)cc2)cc1. The third kappa shape index (κ3) is 5.76. The van der Waals surface area contributed by atoms with E-state index in [0.29, 0.717) is 13.2 Å². The van der Waals surface area contributed by atoms with Gasteiger partial charge in [0, 0.05) is 13.2 Å². The zero-order chi connectivity index (χ0) is 24.0. The van der Waals surface area contributed by atoms with Crippen molar-refractivity contribution in [1.82, 2.24) is 0 Å². The summed E-state index contributed by atoms with van der Waals surface area (Å²) in [5.74, 6) is 5.12. The summed E-state index contributed by atoms with van der Waals surface area (Å²) in [7, 11) is 0.